The molecule has 0 atom stereocenters. The minimum Gasteiger partial charge on any atom is -0.481 e. The Bertz CT molecular complexity index is 1560. The predicted octanol–water partition coefficient (Wildman–Crippen LogP) is 4.75. The van der Waals surface area contributed by atoms with Gasteiger partial charge in [-0.3, -0.25) is 28.3 Å². The van der Waals surface area contributed by atoms with Gasteiger partial charge in [0.15, 0.2) is 5.65 Å². The summed E-state index contributed by atoms with van der Waals surface area (Å²) in [5.41, 5.74) is -2.08. The van der Waals surface area contributed by atoms with Gasteiger partial charge in [0.25, 0.3) is 5.56 Å². The van der Waals surface area contributed by atoms with E-state index in [0.29, 0.717) is 75.0 Å². The number of carboxylic acids is 2. The van der Waals surface area contributed by atoms with E-state index in [1.54, 1.807) is 4.57 Å². The summed E-state index contributed by atoms with van der Waals surface area (Å²) in [7, 11) is 1.39. The van der Waals surface area contributed by atoms with Gasteiger partial charge >= 0.3 is 23.6 Å². The molecular weight excluding hydrogens is 580 g/mol. The molecule has 0 amide bonds. The van der Waals surface area contributed by atoms with Crippen molar-refractivity contribution in [3.63, 3.8) is 0 Å². The van der Waals surface area contributed by atoms with E-state index in [1.807, 2.05) is 13.8 Å². The summed E-state index contributed by atoms with van der Waals surface area (Å²) in [6.45, 7) is 4.80. The zero-order valence-corrected chi connectivity index (χ0v) is 26.9. The molecule has 4 aliphatic carbocycles. The second-order valence-electron chi connectivity index (χ2n) is 14.2. The average Bonchev–Trinajstić information content (AvgIpc) is 3.48. The van der Waals surface area contributed by atoms with Crippen molar-refractivity contribution >= 4 is 29.1 Å². The van der Waals surface area contributed by atoms with Gasteiger partial charge in [0.2, 0.25) is 0 Å². The Balaban J connectivity index is 0.000000211. The van der Waals surface area contributed by atoms with E-state index in [2.05, 4.69) is 4.98 Å². The number of aromatic amines is 1. The number of rotatable bonds is 8. The maximum absolute atomic E-state index is 13.0. The highest BCUT2D eigenvalue weighted by Gasteiger charge is 2.56. The quantitative estimate of drug-likeness (QED) is 0.349. The molecule has 4 aliphatic rings. The number of hydrogen-bond donors (Lipinski definition) is 3. The third-order valence-corrected chi connectivity index (χ3v) is 11.4. The van der Waals surface area contributed by atoms with Crippen LogP contribution >= 0.6 is 0 Å². The number of carbonyl (C=O) groups excluding carboxylic acids is 1. The molecule has 2 heterocycles. The summed E-state index contributed by atoms with van der Waals surface area (Å²) < 4.78 is 7.75. The molecule has 45 heavy (non-hydrogen) atoms. The number of nitrogens with zero attached hydrogens (tertiary/aromatic N) is 3. The van der Waals surface area contributed by atoms with Gasteiger partial charge in [0.1, 0.15) is 11.3 Å². The van der Waals surface area contributed by atoms with Crippen molar-refractivity contribution < 1.29 is 29.3 Å². The molecule has 0 saturated heterocycles. The van der Waals surface area contributed by atoms with Crippen molar-refractivity contribution in [2.45, 2.75) is 135 Å². The first kappa shape index (κ1) is 32.9. The van der Waals surface area contributed by atoms with E-state index in [-0.39, 0.29) is 22.6 Å². The largest absolute Gasteiger partial charge is 0.481 e. The lowest BCUT2D eigenvalue weighted by Gasteiger charge is -2.49. The van der Waals surface area contributed by atoms with Crippen LogP contribution in [0.2, 0.25) is 0 Å². The number of methoxy groups -OCH3 is 1. The monoisotopic (exact) mass is 628 g/mol. The molecule has 12 heteroatoms. The van der Waals surface area contributed by atoms with Gasteiger partial charge in [0.05, 0.1) is 23.4 Å². The van der Waals surface area contributed by atoms with Gasteiger partial charge in [-0.1, -0.05) is 39.5 Å². The number of carboxylic acid groups (broad SMARTS) is 2. The van der Waals surface area contributed by atoms with Crippen molar-refractivity contribution in [3.8, 4) is 0 Å². The molecule has 0 unspecified atom stereocenters. The zero-order chi connectivity index (χ0) is 32.6. The van der Waals surface area contributed by atoms with E-state index in [4.69, 9.17) is 9.72 Å². The van der Waals surface area contributed by atoms with Crippen LogP contribution in [0.25, 0.3) is 11.2 Å². The van der Waals surface area contributed by atoms with Crippen LogP contribution in [-0.4, -0.2) is 54.3 Å². The molecule has 4 bridgehead atoms. The lowest BCUT2D eigenvalue weighted by Crippen LogP contribution is -2.49. The summed E-state index contributed by atoms with van der Waals surface area (Å²) in [6.07, 6.45) is 11.9. The van der Waals surface area contributed by atoms with Crippen LogP contribution in [0, 0.1) is 16.2 Å². The van der Waals surface area contributed by atoms with Crippen LogP contribution in [0.15, 0.2) is 9.59 Å². The van der Waals surface area contributed by atoms with Crippen LogP contribution in [0.5, 0.6) is 0 Å². The van der Waals surface area contributed by atoms with Crippen LogP contribution in [0.3, 0.4) is 0 Å². The number of aliphatic carboxylic acids is 2. The number of imidazole rings is 1. The van der Waals surface area contributed by atoms with Crippen molar-refractivity contribution in [1.29, 1.82) is 0 Å². The normalized spacial score (nSPS) is 30.6. The fourth-order valence-electron chi connectivity index (χ4n) is 9.22. The molecule has 0 aliphatic heterocycles. The number of aromatic nitrogens is 4. The standard InChI is InChI=1S/C21H30N4O4.C12H18O4/c1-3-11-24-15-14(16(26)25(12-4-2)19(24)29)22-17(23-15)20-7-5-9-21(13-20,18(27)28)10-6-8-20;1-16-10(15)12-6-2-4-11(8-12,9(13)14)5-3-7-12/h3-13H2,1-2H3,(H,22,23)(H,27,28);2-8H2,1H3,(H,13,14). The molecule has 12 nitrogen and oxygen atoms in total. The highest BCUT2D eigenvalue weighted by Crippen LogP contribution is 2.57. The van der Waals surface area contributed by atoms with E-state index in [9.17, 15) is 34.2 Å². The molecule has 0 aromatic carbocycles. The minimum absolute atomic E-state index is 0.211. The fourth-order valence-corrected chi connectivity index (χ4v) is 9.22. The summed E-state index contributed by atoms with van der Waals surface area (Å²) >= 11 is 0. The SMILES string of the molecule is CCCn1c(=O)c2[nH]c(C34CCCC(C(=O)O)(CCC3)C4)nc2n(CCC)c1=O.COC(=O)C12CCCC(C(=O)O)(CCC1)C2. The van der Waals surface area contributed by atoms with E-state index in [0.717, 1.165) is 57.8 Å². The second-order valence-corrected chi connectivity index (χ2v) is 14.2. The number of esters is 1. The first-order valence-corrected chi connectivity index (χ1v) is 16.7. The smallest absolute Gasteiger partial charge is 0.332 e. The fraction of sp³-hybridized carbons (Fsp3) is 0.758. The molecular formula is C33H48N4O8. The zero-order valence-electron chi connectivity index (χ0n) is 26.9. The van der Waals surface area contributed by atoms with Crippen molar-refractivity contribution in [2.24, 2.45) is 16.2 Å². The topological polar surface area (TPSA) is 174 Å². The number of ether oxygens (including phenoxy) is 1. The lowest BCUT2D eigenvalue weighted by molar-refractivity contribution is -0.171. The van der Waals surface area contributed by atoms with Gasteiger partial charge in [0, 0.05) is 18.5 Å². The number of carbonyl (C=O) groups is 3. The molecule has 6 rings (SSSR count). The third-order valence-electron chi connectivity index (χ3n) is 11.4. The lowest BCUT2D eigenvalue weighted by atomic mass is 9.54. The molecule has 4 saturated carbocycles. The highest BCUT2D eigenvalue weighted by atomic mass is 16.5. The van der Waals surface area contributed by atoms with Crippen molar-refractivity contribution in [3.05, 3.63) is 26.7 Å². The third kappa shape index (κ3) is 5.52. The van der Waals surface area contributed by atoms with Crippen LogP contribution < -0.4 is 11.2 Å². The molecule has 4 fully saturated rings. The van der Waals surface area contributed by atoms with Gasteiger partial charge < -0.3 is 19.9 Å². The summed E-state index contributed by atoms with van der Waals surface area (Å²) in [5, 5.41) is 19.3. The Kier molecular flexibility index (Phi) is 9.07. The first-order valence-electron chi connectivity index (χ1n) is 16.7. The van der Waals surface area contributed by atoms with Gasteiger partial charge in [-0.25, -0.2) is 9.78 Å². The van der Waals surface area contributed by atoms with Gasteiger partial charge in [-0.2, -0.15) is 0 Å². The Morgan fingerprint density at radius 3 is 1.78 bits per heavy atom. The number of hydrogen-bond acceptors (Lipinski definition) is 7. The summed E-state index contributed by atoms with van der Waals surface area (Å²) in [5.74, 6) is -0.976. The average molecular weight is 629 g/mol. The molecule has 2 aromatic heterocycles. The Hall–Kier alpha value is -3.44. The van der Waals surface area contributed by atoms with Crippen molar-refractivity contribution in [1.82, 2.24) is 19.1 Å². The van der Waals surface area contributed by atoms with Gasteiger partial charge in [-0.15, -0.1) is 0 Å². The van der Waals surface area contributed by atoms with E-state index >= 15 is 0 Å². The predicted molar refractivity (Wildman–Crippen MR) is 166 cm³/mol. The van der Waals surface area contributed by atoms with E-state index in [1.165, 1.54) is 11.7 Å². The Labute approximate surface area is 262 Å². The van der Waals surface area contributed by atoms with Crippen LogP contribution in [0.4, 0.5) is 0 Å². The second kappa shape index (κ2) is 12.4. The molecule has 0 radical (unpaired) electrons. The number of H-pyrrole nitrogens is 1. The maximum Gasteiger partial charge on any atom is 0.332 e. The molecule has 0 spiro atoms. The van der Waals surface area contributed by atoms with Gasteiger partial charge in [-0.05, 0) is 77.0 Å². The Morgan fingerprint density at radius 2 is 1.27 bits per heavy atom. The molecule has 248 valence electrons. The highest BCUT2D eigenvalue weighted by molar-refractivity contribution is 5.81. The number of fused-ring (bicyclic) bond motifs is 5. The number of aryl methyl sites for hydroxylation is 1. The molecule has 3 N–H and O–H groups in total. The maximum atomic E-state index is 13.0. The van der Waals surface area contributed by atoms with Crippen molar-refractivity contribution in [2.75, 3.05) is 7.11 Å². The van der Waals surface area contributed by atoms with E-state index < -0.39 is 28.2 Å². The number of nitrogens with one attached hydrogen (secondary N) is 1. The van der Waals surface area contributed by atoms with Crippen LogP contribution in [-0.2, 0) is 37.6 Å². The van der Waals surface area contributed by atoms with Crippen LogP contribution in [0.1, 0.15) is 122 Å². The Morgan fingerprint density at radius 1 is 0.778 bits per heavy atom. The summed E-state index contributed by atoms with van der Waals surface area (Å²) in [4.78, 5) is 69.3. The first-order chi connectivity index (χ1) is 21.4. The minimum atomic E-state index is -0.736. The summed E-state index contributed by atoms with van der Waals surface area (Å²) in [6, 6.07) is 0. The molecule has 2 aromatic rings.